The van der Waals surface area contributed by atoms with Gasteiger partial charge in [-0.15, -0.1) is 0 Å². The van der Waals surface area contributed by atoms with Crippen LogP contribution in [0.1, 0.15) is 34.1 Å². The Hall–Kier alpha value is -4.99. The van der Waals surface area contributed by atoms with Gasteiger partial charge in [-0.1, -0.05) is 157 Å². The van der Waals surface area contributed by atoms with Crippen molar-refractivity contribution in [2.75, 3.05) is 20.3 Å². The summed E-state index contributed by atoms with van der Waals surface area (Å²) in [5, 5.41) is 4.27. The van der Waals surface area contributed by atoms with Crippen molar-refractivity contribution in [2.24, 2.45) is 5.11 Å². The maximum atomic E-state index is 10.1. The fourth-order valence-corrected chi connectivity index (χ4v) is 7.88. The van der Waals surface area contributed by atoms with Crippen molar-refractivity contribution < 1.29 is 47.4 Å². The number of azide groups is 1. The molecule has 0 aliphatic carbocycles. The van der Waals surface area contributed by atoms with Crippen LogP contribution in [0.25, 0.3) is 10.4 Å². The van der Waals surface area contributed by atoms with Crippen LogP contribution < -0.4 is 0 Å². The second-order valence-electron chi connectivity index (χ2n) is 15.1. The second-order valence-corrected chi connectivity index (χ2v) is 15.1. The first kappa shape index (κ1) is 42.7. The van der Waals surface area contributed by atoms with Crippen LogP contribution in [0.3, 0.4) is 0 Å². The lowest BCUT2D eigenvalue weighted by Crippen LogP contribution is -2.66. The van der Waals surface area contributed by atoms with Crippen LogP contribution >= 0.6 is 0 Å². The van der Waals surface area contributed by atoms with Crippen molar-refractivity contribution in [1.29, 1.82) is 0 Å². The lowest BCUT2D eigenvalue weighted by molar-refractivity contribution is -0.382. The van der Waals surface area contributed by atoms with Gasteiger partial charge in [0, 0.05) is 17.6 Å². The summed E-state index contributed by atoms with van der Waals surface area (Å²) < 4.78 is 65.8. The zero-order valence-corrected chi connectivity index (χ0v) is 34.0. The first-order valence-corrected chi connectivity index (χ1v) is 20.6. The highest BCUT2D eigenvalue weighted by Gasteiger charge is 2.55. The van der Waals surface area contributed by atoms with Gasteiger partial charge in [-0.05, 0) is 27.8 Å². The van der Waals surface area contributed by atoms with E-state index in [0.29, 0.717) is 6.61 Å². The van der Waals surface area contributed by atoms with E-state index in [1.165, 1.54) is 0 Å². The lowest BCUT2D eigenvalue weighted by Gasteiger charge is -2.51. The molecule has 1 unspecified atom stereocenters. The molecule has 0 radical (unpaired) electrons. The predicted molar refractivity (Wildman–Crippen MR) is 223 cm³/mol. The Kier molecular flexibility index (Phi) is 15.2. The molecular formula is C48H51N3O10. The molecule has 3 aliphatic heterocycles. The highest BCUT2D eigenvalue weighted by atomic mass is 16.8. The fourth-order valence-electron chi connectivity index (χ4n) is 7.88. The van der Waals surface area contributed by atoms with Crippen LogP contribution in [-0.2, 0) is 73.8 Å². The second kappa shape index (κ2) is 21.7. The Morgan fingerprint density at radius 3 is 1.62 bits per heavy atom. The van der Waals surface area contributed by atoms with Crippen molar-refractivity contribution in [3.8, 4) is 0 Å². The van der Waals surface area contributed by atoms with E-state index in [4.69, 9.17) is 47.4 Å². The molecule has 0 aromatic heterocycles. The molecular weight excluding hydrogens is 779 g/mol. The first-order chi connectivity index (χ1) is 30.2. The molecule has 0 spiro atoms. The summed E-state index contributed by atoms with van der Waals surface area (Å²) in [6.45, 7) is 1.40. The van der Waals surface area contributed by atoms with Crippen molar-refractivity contribution in [3.63, 3.8) is 0 Å². The molecule has 61 heavy (non-hydrogen) atoms. The average molecular weight is 830 g/mol. The van der Waals surface area contributed by atoms with E-state index in [2.05, 4.69) is 10.0 Å². The minimum atomic E-state index is -1.17. The van der Waals surface area contributed by atoms with Crippen molar-refractivity contribution in [2.45, 2.75) is 94.1 Å². The summed E-state index contributed by atoms with van der Waals surface area (Å²) >= 11 is 0. The predicted octanol–water partition coefficient (Wildman–Crippen LogP) is 8.23. The number of methoxy groups -OCH3 is 1. The van der Waals surface area contributed by atoms with Crippen molar-refractivity contribution in [1.82, 2.24) is 0 Å². The Morgan fingerprint density at radius 1 is 0.574 bits per heavy atom. The molecule has 13 nitrogen and oxygen atoms in total. The van der Waals surface area contributed by atoms with Crippen LogP contribution in [0.2, 0.25) is 0 Å². The van der Waals surface area contributed by atoms with E-state index >= 15 is 0 Å². The van der Waals surface area contributed by atoms with E-state index in [0.717, 1.165) is 27.8 Å². The van der Waals surface area contributed by atoms with E-state index < -0.39 is 67.6 Å². The minimum absolute atomic E-state index is 0.157. The molecule has 5 aromatic carbocycles. The Labute approximate surface area is 355 Å². The maximum absolute atomic E-state index is 10.1. The number of rotatable bonds is 18. The molecule has 11 atom stereocenters. The van der Waals surface area contributed by atoms with Gasteiger partial charge in [-0.3, -0.25) is 0 Å². The van der Waals surface area contributed by atoms with Gasteiger partial charge in [0.05, 0.1) is 39.6 Å². The number of fused-ring (bicyclic) bond motifs is 1. The Bertz CT molecular complexity index is 2080. The quantitative estimate of drug-likeness (QED) is 0.0482. The summed E-state index contributed by atoms with van der Waals surface area (Å²) in [5.41, 5.74) is 14.8. The topological polar surface area (TPSA) is 141 Å². The molecule has 0 N–H and O–H groups in total. The van der Waals surface area contributed by atoms with Crippen LogP contribution in [0.15, 0.2) is 157 Å². The van der Waals surface area contributed by atoms with E-state index in [9.17, 15) is 5.53 Å². The molecule has 13 heteroatoms. The average Bonchev–Trinajstić information content (AvgIpc) is 3.32. The summed E-state index contributed by atoms with van der Waals surface area (Å²) in [5.74, 6) is 0. The van der Waals surface area contributed by atoms with Crippen LogP contribution in [0, 0.1) is 0 Å². The highest BCUT2D eigenvalue weighted by Crippen LogP contribution is 2.39. The molecule has 0 saturated carbocycles. The molecule has 0 bridgehead atoms. The summed E-state index contributed by atoms with van der Waals surface area (Å²) in [7, 11) is 1.54. The summed E-state index contributed by atoms with van der Waals surface area (Å²) in [6, 6.07) is 48.1. The number of hydrogen-bond donors (Lipinski definition) is 0. The van der Waals surface area contributed by atoms with Gasteiger partial charge in [-0.2, -0.15) is 0 Å². The maximum Gasteiger partial charge on any atom is 0.186 e. The minimum Gasteiger partial charge on any atom is -0.374 e. The number of benzene rings is 5. The van der Waals surface area contributed by atoms with Crippen molar-refractivity contribution >= 4 is 0 Å². The number of hydrogen-bond acceptors (Lipinski definition) is 11. The lowest BCUT2D eigenvalue weighted by atomic mass is 9.94. The van der Waals surface area contributed by atoms with E-state index in [1.807, 2.05) is 152 Å². The molecule has 318 valence electrons. The summed E-state index contributed by atoms with van der Waals surface area (Å²) in [6.07, 6.45) is -8.13. The zero-order valence-electron chi connectivity index (χ0n) is 34.0. The SMILES string of the molecule is CO[C@H]1O[C@H](COCc2ccccc2)[C@@H](OCc2ccccc2)[C@H](OCc2ccccc2)[C@@H]1O[C@@H]1O[C@@H]2COC(c3ccccc3)O[C@H]2[C@H](OCc2ccccc2)[C@@H]1N=[N+]=[N-]. The Balaban J connectivity index is 1.11. The van der Waals surface area contributed by atoms with Gasteiger partial charge in [-0.25, -0.2) is 0 Å². The smallest absolute Gasteiger partial charge is 0.186 e. The van der Waals surface area contributed by atoms with Gasteiger partial charge in [0.1, 0.15) is 48.8 Å². The monoisotopic (exact) mass is 829 g/mol. The van der Waals surface area contributed by atoms with E-state index in [1.54, 1.807) is 7.11 Å². The molecule has 8 rings (SSSR count). The van der Waals surface area contributed by atoms with Crippen LogP contribution in [-0.4, -0.2) is 81.7 Å². The largest absolute Gasteiger partial charge is 0.374 e. The third kappa shape index (κ3) is 11.1. The molecule has 3 aliphatic rings. The van der Waals surface area contributed by atoms with Gasteiger partial charge in [0.15, 0.2) is 18.9 Å². The zero-order chi connectivity index (χ0) is 41.6. The van der Waals surface area contributed by atoms with Crippen LogP contribution in [0.4, 0.5) is 0 Å². The normalized spacial score (nSPS) is 28.6. The number of ether oxygens (including phenoxy) is 10. The van der Waals surface area contributed by atoms with Gasteiger partial charge in [0.2, 0.25) is 0 Å². The summed E-state index contributed by atoms with van der Waals surface area (Å²) in [4.78, 5) is 3.27. The van der Waals surface area contributed by atoms with Gasteiger partial charge < -0.3 is 47.4 Å². The molecule has 3 saturated heterocycles. The third-order valence-corrected chi connectivity index (χ3v) is 10.9. The standard InChI is InChI=1S/C48H51N3O10/c1-52-48-45(61-47-40(50-51-49)43(55-29-35-21-11-4-12-22-35)42-39(58-47)32-57-46(60-42)37-25-15-6-16-26-37)44(56-30-36-23-13-5-14-24-36)41(54-28-34-19-9-3-10-20-34)38(59-48)31-53-27-33-17-7-2-8-18-33/h2-26,38-48H,27-32H2,1H3/t38-,39-,40+,41-,42-,43-,44+,45+,46?,47+,48+/m1/s1. The molecule has 3 heterocycles. The van der Waals surface area contributed by atoms with E-state index in [-0.39, 0.29) is 33.0 Å². The van der Waals surface area contributed by atoms with Crippen molar-refractivity contribution in [3.05, 3.63) is 190 Å². The fraction of sp³-hybridized carbons (Fsp3) is 0.375. The third-order valence-electron chi connectivity index (χ3n) is 10.9. The van der Waals surface area contributed by atoms with Gasteiger partial charge >= 0.3 is 0 Å². The molecule has 0 amide bonds. The first-order valence-electron chi connectivity index (χ1n) is 20.6. The van der Waals surface area contributed by atoms with Gasteiger partial charge in [0.25, 0.3) is 0 Å². The highest BCUT2D eigenvalue weighted by molar-refractivity contribution is 5.19. The molecule has 5 aromatic rings. The van der Waals surface area contributed by atoms with Crippen LogP contribution in [0.5, 0.6) is 0 Å². The molecule has 3 fully saturated rings. The Morgan fingerprint density at radius 2 is 1.08 bits per heavy atom. The number of nitrogens with zero attached hydrogens (tertiary/aromatic N) is 3.